The smallest absolute Gasteiger partial charge is 0.122 e. The van der Waals surface area contributed by atoms with E-state index in [-0.39, 0.29) is 12.4 Å². The molecule has 1 aliphatic rings. The summed E-state index contributed by atoms with van der Waals surface area (Å²) in [6, 6.07) is 6.91. The second-order valence-corrected chi connectivity index (χ2v) is 5.54. The Balaban J connectivity index is 0.00000200. The van der Waals surface area contributed by atoms with E-state index in [4.69, 9.17) is 10.5 Å². The first kappa shape index (κ1) is 17.3. The maximum Gasteiger partial charge on any atom is 0.122 e. The van der Waals surface area contributed by atoms with Crippen LogP contribution in [0.5, 0.6) is 5.75 Å². The molecule has 0 aliphatic carbocycles. The Morgan fingerprint density at radius 3 is 2.85 bits per heavy atom. The Hall–Kier alpha value is -0.770. The van der Waals surface area contributed by atoms with Crippen molar-refractivity contribution in [2.45, 2.75) is 39.2 Å². The molecule has 20 heavy (non-hydrogen) atoms. The highest BCUT2D eigenvalue weighted by molar-refractivity contribution is 5.85. The third-order valence-corrected chi connectivity index (χ3v) is 4.00. The van der Waals surface area contributed by atoms with Crippen LogP contribution in [0.3, 0.4) is 0 Å². The second-order valence-electron chi connectivity index (χ2n) is 5.54. The summed E-state index contributed by atoms with van der Waals surface area (Å²) in [5, 5.41) is 0. The van der Waals surface area contributed by atoms with E-state index in [9.17, 15) is 0 Å². The van der Waals surface area contributed by atoms with Crippen molar-refractivity contribution in [1.82, 2.24) is 4.90 Å². The molecule has 1 fully saturated rings. The van der Waals surface area contributed by atoms with Crippen LogP contribution in [0.15, 0.2) is 18.2 Å². The van der Waals surface area contributed by atoms with Crippen LogP contribution in [0.1, 0.15) is 30.4 Å². The Morgan fingerprint density at radius 1 is 1.30 bits per heavy atom. The molecular weight excluding hydrogens is 272 g/mol. The van der Waals surface area contributed by atoms with Crippen LogP contribution in [-0.4, -0.2) is 37.2 Å². The average Bonchev–Trinajstić information content (AvgIpc) is 2.43. The minimum atomic E-state index is 0. The number of hydrogen-bond donors (Lipinski definition) is 1. The van der Waals surface area contributed by atoms with Crippen LogP contribution in [0.4, 0.5) is 0 Å². The van der Waals surface area contributed by atoms with E-state index in [1.807, 2.05) is 0 Å². The third kappa shape index (κ3) is 4.65. The molecule has 3 nitrogen and oxygen atoms in total. The van der Waals surface area contributed by atoms with Gasteiger partial charge in [-0.05, 0) is 50.4 Å². The largest absolute Gasteiger partial charge is 0.492 e. The summed E-state index contributed by atoms with van der Waals surface area (Å²) in [4.78, 5) is 2.48. The number of ether oxygens (including phenoxy) is 1. The number of likely N-dealkylation sites (tertiary alicyclic amines) is 1. The number of rotatable bonds is 5. The minimum absolute atomic E-state index is 0. The number of nitrogens with zero attached hydrogens (tertiary/aromatic N) is 1. The van der Waals surface area contributed by atoms with E-state index < -0.39 is 0 Å². The van der Waals surface area contributed by atoms with E-state index >= 15 is 0 Å². The van der Waals surface area contributed by atoms with Crippen LogP contribution in [0, 0.1) is 13.8 Å². The summed E-state index contributed by atoms with van der Waals surface area (Å²) >= 11 is 0. The van der Waals surface area contributed by atoms with Crippen LogP contribution in [0.25, 0.3) is 0 Å². The van der Waals surface area contributed by atoms with Gasteiger partial charge in [0.2, 0.25) is 0 Å². The Labute approximate surface area is 128 Å². The van der Waals surface area contributed by atoms with Crippen LogP contribution in [0.2, 0.25) is 0 Å². The molecule has 1 saturated heterocycles. The first-order chi connectivity index (χ1) is 9.20. The predicted octanol–water partition coefficient (Wildman–Crippen LogP) is 2.92. The van der Waals surface area contributed by atoms with Gasteiger partial charge in [-0.3, -0.25) is 4.90 Å². The zero-order valence-corrected chi connectivity index (χ0v) is 13.4. The third-order valence-electron chi connectivity index (χ3n) is 4.00. The molecule has 2 rings (SSSR count). The van der Waals surface area contributed by atoms with Gasteiger partial charge in [-0.1, -0.05) is 18.6 Å². The van der Waals surface area contributed by atoms with E-state index in [0.717, 1.165) is 32.0 Å². The van der Waals surface area contributed by atoms with Crippen molar-refractivity contribution in [2.24, 2.45) is 5.73 Å². The number of hydrogen-bond acceptors (Lipinski definition) is 3. The Bertz CT molecular complexity index is 411. The van der Waals surface area contributed by atoms with Crippen molar-refractivity contribution in [1.29, 1.82) is 0 Å². The number of benzene rings is 1. The van der Waals surface area contributed by atoms with Gasteiger partial charge in [-0.2, -0.15) is 0 Å². The molecule has 1 unspecified atom stereocenters. The molecule has 1 aromatic rings. The molecule has 0 aromatic heterocycles. The molecule has 1 atom stereocenters. The zero-order chi connectivity index (χ0) is 13.7. The summed E-state index contributed by atoms with van der Waals surface area (Å²) in [6.07, 6.45) is 3.84. The molecule has 2 N–H and O–H groups in total. The van der Waals surface area contributed by atoms with Gasteiger partial charge in [0.05, 0.1) is 0 Å². The van der Waals surface area contributed by atoms with Crippen LogP contribution in [-0.2, 0) is 0 Å². The maximum atomic E-state index is 5.93. The first-order valence-electron chi connectivity index (χ1n) is 7.35. The molecular formula is C16H27ClN2O. The van der Waals surface area contributed by atoms with Crippen molar-refractivity contribution < 1.29 is 4.74 Å². The highest BCUT2D eigenvalue weighted by Crippen LogP contribution is 2.20. The van der Waals surface area contributed by atoms with Gasteiger partial charge in [0, 0.05) is 19.1 Å². The second kappa shape index (κ2) is 8.50. The van der Waals surface area contributed by atoms with Gasteiger partial charge in [0.1, 0.15) is 12.4 Å². The van der Waals surface area contributed by atoms with E-state index in [1.54, 1.807) is 0 Å². The van der Waals surface area contributed by atoms with Crippen molar-refractivity contribution >= 4 is 12.4 Å². The lowest BCUT2D eigenvalue weighted by molar-refractivity contribution is 0.127. The lowest BCUT2D eigenvalue weighted by Crippen LogP contribution is -2.45. The standard InChI is InChI=1S/C16H26N2O.ClH/c1-13-6-7-14(2)16(11-13)19-10-9-18-8-4-3-5-15(18)12-17;/h6-7,11,15H,3-5,8-10,12,17H2,1-2H3;1H. The normalized spacial score (nSPS) is 19.4. The van der Waals surface area contributed by atoms with E-state index in [2.05, 4.69) is 36.9 Å². The van der Waals surface area contributed by atoms with Crippen molar-refractivity contribution in [3.8, 4) is 5.75 Å². The molecule has 0 radical (unpaired) electrons. The summed E-state index contributed by atoms with van der Waals surface area (Å²) in [5.74, 6) is 1.02. The Morgan fingerprint density at radius 2 is 2.10 bits per heavy atom. The minimum Gasteiger partial charge on any atom is -0.492 e. The molecule has 0 amide bonds. The van der Waals surface area contributed by atoms with E-state index in [1.165, 1.54) is 30.4 Å². The number of halogens is 1. The average molecular weight is 299 g/mol. The molecule has 0 spiro atoms. The van der Waals surface area contributed by atoms with Gasteiger partial charge < -0.3 is 10.5 Å². The van der Waals surface area contributed by atoms with Gasteiger partial charge in [-0.25, -0.2) is 0 Å². The fourth-order valence-electron chi connectivity index (χ4n) is 2.76. The number of aryl methyl sites for hydroxylation is 2. The van der Waals surface area contributed by atoms with Gasteiger partial charge >= 0.3 is 0 Å². The molecule has 0 bridgehead atoms. The van der Waals surface area contributed by atoms with E-state index in [0.29, 0.717) is 6.04 Å². The number of piperidine rings is 1. The lowest BCUT2D eigenvalue weighted by atomic mass is 10.0. The fourth-order valence-corrected chi connectivity index (χ4v) is 2.76. The summed E-state index contributed by atoms with van der Waals surface area (Å²) in [6.45, 7) is 7.86. The Kier molecular flexibility index (Phi) is 7.35. The van der Waals surface area contributed by atoms with Crippen LogP contribution < -0.4 is 10.5 Å². The summed E-state index contributed by atoms with van der Waals surface area (Å²) in [7, 11) is 0. The highest BCUT2D eigenvalue weighted by atomic mass is 35.5. The van der Waals surface area contributed by atoms with Gasteiger partial charge in [-0.15, -0.1) is 12.4 Å². The van der Waals surface area contributed by atoms with Gasteiger partial charge in [0.15, 0.2) is 0 Å². The summed E-state index contributed by atoms with van der Waals surface area (Å²) in [5.41, 5.74) is 8.29. The van der Waals surface area contributed by atoms with Crippen molar-refractivity contribution in [3.05, 3.63) is 29.3 Å². The molecule has 114 valence electrons. The van der Waals surface area contributed by atoms with Crippen molar-refractivity contribution in [2.75, 3.05) is 26.2 Å². The van der Waals surface area contributed by atoms with Crippen LogP contribution >= 0.6 is 12.4 Å². The highest BCUT2D eigenvalue weighted by Gasteiger charge is 2.20. The molecule has 1 aliphatic heterocycles. The molecule has 0 saturated carbocycles. The first-order valence-corrected chi connectivity index (χ1v) is 7.35. The maximum absolute atomic E-state index is 5.93. The summed E-state index contributed by atoms with van der Waals surface area (Å²) < 4.78 is 5.93. The fraction of sp³-hybridized carbons (Fsp3) is 0.625. The molecule has 1 heterocycles. The predicted molar refractivity (Wildman–Crippen MR) is 86.9 cm³/mol. The topological polar surface area (TPSA) is 38.5 Å². The van der Waals surface area contributed by atoms with Crippen molar-refractivity contribution in [3.63, 3.8) is 0 Å². The lowest BCUT2D eigenvalue weighted by Gasteiger charge is -2.34. The van der Waals surface area contributed by atoms with Gasteiger partial charge in [0.25, 0.3) is 0 Å². The number of nitrogens with two attached hydrogens (primary N) is 1. The quantitative estimate of drug-likeness (QED) is 0.908. The molecule has 1 aromatic carbocycles. The monoisotopic (exact) mass is 298 g/mol. The zero-order valence-electron chi connectivity index (χ0n) is 12.6. The SMILES string of the molecule is Cc1ccc(C)c(OCCN2CCCCC2CN)c1.Cl. The molecule has 4 heteroatoms.